The molecule has 0 bridgehead atoms. The Bertz CT molecular complexity index is 1120. The molecule has 1 aromatic heterocycles. The van der Waals surface area contributed by atoms with Crippen molar-refractivity contribution in [2.24, 2.45) is 5.73 Å². The molecule has 0 saturated heterocycles. The molecule has 0 fully saturated rings. The van der Waals surface area contributed by atoms with Gasteiger partial charge in [-0.2, -0.15) is 0 Å². The lowest BCUT2D eigenvalue weighted by Crippen LogP contribution is -2.28. The van der Waals surface area contributed by atoms with E-state index in [-0.39, 0.29) is 11.4 Å². The highest BCUT2D eigenvalue weighted by Crippen LogP contribution is 2.24. The number of halogens is 1. The Hall–Kier alpha value is -3.14. The van der Waals surface area contributed by atoms with Crippen LogP contribution in [0.3, 0.4) is 0 Å². The van der Waals surface area contributed by atoms with E-state index in [1.165, 1.54) is 24.3 Å². The third kappa shape index (κ3) is 5.69. The van der Waals surface area contributed by atoms with E-state index in [1.54, 1.807) is 36.7 Å². The largest absolute Gasteiger partial charge is 0.334 e. The third-order valence-electron chi connectivity index (χ3n) is 4.13. The summed E-state index contributed by atoms with van der Waals surface area (Å²) in [7, 11) is -3.83. The summed E-state index contributed by atoms with van der Waals surface area (Å²) < 4.78 is 27.8. The number of hydrogen-bond acceptors (Lipinski definition) is 5. The first kappa shape index (κ1) is 21.6. The number of nitrogens with two attached hydrogens (primary N) is 1. The first-order chi connectivity index (χ1) is 14.4. The summed E-state index contributed by atoms with van der Waals surface area (Å²) >= 11 is 5.92. The van der Waals surface area contributed by atoms with Gasteiger partial charge in [-0.3, -0.25) is 9.71 Å². The van der Waals surface area contributed by atoms with Gasteiger partial charge in [0.05, 0.1) is 10.6 Å². The Kier molecular flexibility index (Phi) is 6.88. The molecule has 10 heteroatoms. The number of hydrogen-bond donors (Lipinski definition) is 4. The van der Waals surface area contributed by atoms with E-state index >= 15 is 0 Å². The molecule has 156 valence electrons. The average Bonchev–Trinajstić information content (AvgIpc) is 2.74. The van der Waals surface area contributed by atoms with Gasteiger partial charge in [0.25, 0.3) is 10.0 Å². The van der Waals surface area contributed by atoms with Gasteiger partial charge >= 0.3 is 6.03 Å². The van der Waals surface area contributed by atoms with Gasteiger partial charge in [-0.15, -0.1) is 0 Å². The Morgan fingerprint density at radius 2 is 1.87 bits per heavy atom. The van der Waals surface area contributed by atoms with Crippen molar-refractivity contribution in [2.45, 2.75) is 18.0 Å². The standard InChI is InChI=1S/C20H20ClN5O3S/c21-16-3-8-19(15(10-16)11-22)26-30(28,29)18-6-4-17(5-7-18)25-20(27)24-13-14-2-1-9-23-12-14/h1-10,12,26H,11,13,22H2,(H2,24,25,27). The summed E-state index contributed by atoms with van der Waals surface area (Å²) in [6, 6.07) is 13.8. The minimum atomic E-state index is -3.83. The van der Waals surface area contributed by atoms with E-state index in [0.717, 1.165) is 5.56 Å². The van der Waals surface area contributed by atoms with Gasteiger partial charge in [0.15, 0.2) is 0 Å². The molecule has 2 aromatic carbocycles. The summed E-state index contributed by atoms with van der Waals surface area (Å²) in [5, 5.41) is 5.82. The van der Waals surface area contributed by atoms with Crippen molar-refractivity contribution in [1.82, 2.24) is 10.3 Å². The highest BCUT2D eigenvalue weighted by Gasteiger charge is 2.16. The van der Waals surface area contributed by atoms with E-state index < -0.39 is 16.1 Å². The van der Waals surface area contributed by atoms with Crippen LogP contribution in [0.1, 0.15) is 11.1 Å². The summed E-state index contributed by atoms with van der Waals surface area (Å²) in [5.74, 6) is 0. The number of pyridine rings is 1. The van der Waals surface area contributed by atoms with Crippen molar-refractivity contribution in [3.63, 3.8) is 0 Å². The molecular weight excluding hydrogens is 426 g/mol. The van der Waals surface area contributed by atoms with E-state index in [4.69, 9.17) is 17.3 Å². The molecule has 3 rings (SSSR count). The molecule has 0 aliphatic heterocycles. The molecule has 5 N–H and O–H groups in total. The quantitative estimate of drug-likeness (QED) is 0.443. The SMILES string of the molecule is NCc1cc(Cl)ccc1NS(=O)(=O)c1ccc(NC(=O)NCc2cccnc2)cc1. The Morgan fingerprint density at radius 1 is 1.10 bits per heavy atom. The van der Waals surface area contributed by atoms with Crippen molar-refractivity contribution in [3.8, 4) is 0 Å². The van der Waals surface area contributed by atoms with Crippen LogP contribution < -0.4 is 21.1 Å². The zero-order chi connectivity index (χ0) is 21.6. The second kappa shape index (κ2) is 9.57. The third-order valence-corrected chi connectivity index (χ3v) is 5.75. The molecule has 0 aliphatic carbocycles. The van der Waals surface area contributed by atoms with Crippen LogP contribution in [0, 0.1) is 0 Å². The molecule has 0 radical (unpaired) electrons. The fraction of sp³-hybridized carbons (Fsp3) is 0.100. The monoisotopic (exact) mass is 445 g/mol. The second-order valence-corrected chi connectivity index (χ2v) is 8.42. The zero-order valence-electron chi connectivity index (χ0n) is 15.8. The first-order valence-corrected chi connectivity index (χ1v) is 10.8. The molecule has 30 heavy (non-hydrogen) atoms. The van der Waals surface area contributed by atoms with Crippen LogP contribution in [0.5, 0.6) is 0 Å². The summed E-state index contributed by atoms with van der Waals surface area (Å²) in [6.07, 6.45) is 3.31. The lowest BCUT2D eigenvalue weighted by atomic mass is 10.2. The van der Waals surface area contributed by atoms with Gasteiger partial charge in [-0.25, -0.2) is 13.2 Å². The molecule has 0 atom stereocenters. The van der Waals surface area contributed by atoms with E-state index in [9.17, 15) is 13.2 Å². The maximum atomic E-state index is 12.7. The minimum Gasteiger partial charge on any atom is -0.334 e. The van der Waals surface area contributed by atoms with Crippen LogP contribution in [0.4, 0.5) is 16.2 Å². The molecule has 8 nitrogen and oxygen atoms in total. The van der Waals surface area contributed by atoms with Crippen molar-refractivity contribution < 1.29 is 13.2 Å². The van der Waals surface area contributed by atoms with Crippen LogP contribution in [-0.2, 0) is 23.1 Å². The van der Waals surface area contributed by atoms with Crippen LogP contribution in [0.15, 0.2) is 71.9 Å². The lowest BCUT2D eigenvalue weighted by molar-refractivity contribution is 0.251. The fourth-order valence-corrected chi connectivity index (χ4v) is 3.91. The Balaban J connectivity index is 1.63. The van der Waals surface area contributed by atoms with E-state index in [1.807, 2.05) is 6.07 Å². The number of urea groups is 1. The molecule has 0 aliphatic rings. The number of carbonyl (C=O) groups excluding carboxylic acids is 1. The Labute approximate surface area is 179 Å². The van der Waals surface area contributed by atoms with Gasteiger partial charge in [0, 0.05) is 36.2 Å². The number of sulfonamides is 1. The van der Waals surface area contributed by atoms with E-state index in [2.05, 4.69) is 20.3 Å². The second-order valence-electron chi connectivity index (χ2n) is 6.30. The molecule has 1 heterocycles. The number of nitrogens with one attached hydrogen (secondary N) is 3. The van der Waals surface area contributed by atoms with E-state index in [0.29, 0.717) is 28.5 Å². The van der Waals surface area contributed by atoms with Crippen molar-refractivity contribution in [1.29, 1.82) is 0 Å². The fourth-order valence-electron chi connectivity index (χ4n) is 2.61. The van der Waals surface area contributed by atoms with Crippen molar-refractivity contribution in [3.05, 3.63) is 83.1 Å². The zero-order valence-corrected chi connectivity index (χ0v) is 17.4. The van der Waals surface area contributed by atoms with Crippen LogP contribution in [0.2, 0.25) is 5.02 Å². The number of nitrogens with zero attached hydrogens (tertiary/aromatic N) is 1. The van der Waals surface area contributed by atoms with Crippen molar-refractivity contribution >= 4 is 39.0 Å². The first-order valence-electron chi connectivity index (χ1n) is 8.92. The minimum absolute atomic E-state index is 0.0433. The molecule has 3 aromatic rings. The van der Waals surface area contributed by atoms with Gasteiger partial charge in [0.1, 0.15) is 0 Å². The number of benzene rings is 2. The highest BCUT2D eigenvalue weighted by molar-refractivity contribution is 7.92. The molecule has 0 unspecified atom stereocenters. The Morgan fingerprint density at radius 3 is 2.53 bits per heavy atom. The lowest BCUT2D eigenvalue weighted by Gasteiger charge is -2.13. The van der Waals surface area contributed by atoms with Crippen LogP contribution in [-0.4, -0.2) is 19.4 Å². The smallest absolute Gasteiger partial charge is 0.319 e. The van der Waals surface area contributed by atoms with Gasteiger partial charge in [0.2, 0.25) is 0 Å². The molecular formula is C20H20ClN5O3S. The maximum absolute atomic E-state index is 12.7. The van der Waals surface area contributed by atoms with Crippen LogP contribution >= 0.6 is 11.6 Å². The topological polar surface area (TPSA) is 126 Å². The predicted molar refractivity (Wildman–Crippen MR) is 117 cm³/mol. The molecule has 0 spiro atoms. The summed E-state index contributed by atoms with van der Waals surface area (Å²) in [4.78, 5) is 16.0. The normalized spacial score (nSPS) is 11.0. The molecule has 2 amide bonds. The number of amides is 2. The summed E-state index contributed by atoms with van der Waals surface area (Å²) in [5.41, 5.74) is 7.91. The molecule has 0 saturated carbocycles. The number of anilines is 2. The van der Waals surface area contributed by atoms with Gasteiger partial charge in [-0.05, 0) is 59.7 Å². The number of rotatable bonds is 7. The van der Waals surface area contributed by atoms with Crippen molar-refractivity contribution in [2.75, 3.05) is 10.0 Å². The maximum Gasteiger partial charge on any atom is 0.319 e. The van der Waals surface area contributed by atoms with Gasteiger partial charge < -0.3 is 16.4 Å². The predicted octanol–water partition coefficient (Wildman–Crippen LogP) is 3.32. The van der Waals surface area contributed by atoms with Crippen LogP contribution in [0.25, 0.3) is 0 Å². The number of aromatic nitrogens is 1. The number of carbonyl (C=O) groups is 1. The summed E-state index contributed by atoms with van der Waals surface area (Å²) in [6.45, 7) is 0.454. The average molecular weight is 446 g/mol. The van der Waals surface area contributed by atoms with Gasteiger partial charge in [-0.1, -0.05) is 17.7 Å². The highest BCUT2D eigenvalue weighted by atomic mass is 35.5.